The Hall–Kier alpha value is -0.570. The average molecular weight is 285 g/mol. The first-order valence-electron chi connectivity index (χ1n) is 8.59. The highest BCUT2D eigenvalue weighted by atomic mass is 16.3. The lowest BCUT2D eigenvalue weighted by Crippen LogP contribution is -2.16. The van der Waals surface area contributed by atoms with Crippen LogP contribution in [0.2, 0.25) is 0 Å². The van der Waals surface area contributed by atoms with Crippen LogP contribution in [0.1, 0.15) is 90.4 Å². The summed E-state index contributed by atoms with van der Waals surface area (Å²) in [4.78, 5) is 11.0. The number of hydrogen-bond acceptors (Lipinski definition) is 2. The Bertz CT molecular complexity index is 219. The van der Waals surface area contributed by atoms with Gasteiger partial charge in [-0.25, -0.2) is 0 Å². The number of amides is 1. The predicted molar refractivity (Wildman–Crippen MR) is 85.8 cm³/mol. The Morgan fingerprint density at radius 1 is 0.900 bits per heavy atom. The zero-order chi connectivity index (χ0) is 15.1. The molecule has 0 aromatic rings. The molecule has 0 saturated carbocycles. The molecule has 0 fully saturated rings. The van der Waals surface area contributed by atoms with Crippen LogP contribution in [0.15, 0.2) is 0 Å². The van der Waals surface area contributed by atoms with E-state index in [1.54, 1.807) is 7.05 Å². The molecule has 0 aromatic carbocycles. The van der Waals surface area contributed by atoms with Crippen LogP contribution in [0, 0.1) is 0 Å². The van der Waals surface area contributed by atoms with Crippen LogP contribution in [0.4, 0.5) is 0 Å². The van der Waals surface area contributed by atoms with E-state index in [-0.39, 0.29) is 12.0 Å². The summed E-state index contributed by atoms with van der Waals surface area (Å²) in [5.41, 5.74) is 0. The van der Waals surface area contributed by atoms with Crippen molar-refractivity contribution in [1.29, 1.82) is 0 Å². The maximum absolute atomic E-state index is 11.0. The van der Waals surface area contributed by atoms with Gasteiger partial charge in [-0.1, -0.05) is 64.7 Å². The number of unbranched alkanes of at least 4 members (excludes halogenated alkanes) is 8. The van der Waals surface area contributed by atoms with E-state index in [9.17, 15) is 9.90 Å². The van der Waals surface area contributed by atoms with Gasteiger partial charge >= 0.3 is 0 Å². The first kappa shape index (κ1) is 19.4. The number of aliphatic hydroxyl groups is 1. The van der Waals surface area contributed by atoms with Gasteiger partial charge in [0.05, 0.1) is 6.10 Å². The minimum Gasteiger partial charge on any atom is -0.393 e. The second-order valence-corrected chi connectivity index (χ2v) is 5.84. The summed E-state index contributed by atoms with van der Waals surface area (Å²) in [5, 5.41) is 12.4. The Balaban J connectivity index is 3.11. The molecule has 20 heavy (non-hydrogen) atoms. The number of nitrogens with one attached hydrogen (secondary N) is 1. The van der Waals surface area contributed by atoms with Crippen LogP contribution < -0.4 is 5.32 Å². The van der Waals surface area contributed by atoms with E-state index >= 15 is 0 Å². The van der Waals surface area contributed by atoms with Gasteiger partial charge < -0.3 is 10.4 Å². The van der Waals surface area contributed by atoms with E-state index in [0.717, 1.165) is 25.7 Å². The zero-order valence-electron chi connectivity index (χ0n) is 13.6. The Morgan fingerprint density at radius 2 is 1.40 bits per heavy atom. The highest BCUT2D eigenvalue weighted by molar-refractivity contribution is 5.75. The molecule has 0 aliphatic heterocycles. The minimum absolute atomic E-state index is 0.0698. The van der Waals surface area contributed by atoms with Gasteiger partial charge in [-0.2, -0.15) is 0 Å². The van der Waals surface area contributed by atoms with Crippen LogP contribution >= 0.6 is 0 Å². The van der Waals surface area contributed by atoms with Gasteiger partial charge in [0.2, 0.25) is 5.91 Å². The van der Waals surface area contributed by atoms with Gasteiger partial charge in [0, 0.05) is 13.5 Å². The van der Waals surface area contributed by atoms with Gasteiger partial charge in [0.15, 0.2) is 0 Å². The van der Waals surface area contributed by atoms with Gasteiger partial charge in [-0.15, -0.1) is 0 Å². The first-order chi connectivity index (χ1) is 9.70. The molecule has 0 heterocycles. The van der Waals surface area contributed by atoms with Crippen molar-refractivity contribution in [1.82, 2.24) is 5.32 Å². The fourth-order valence-corrected chi connectivity index (χ4v) is 2.44. The second-order valence-electron chi connectivity index (χ2n) is 5.84. The smallest absolute Gasteiger partial charge is 0.219 e. The van der Waals surface area contributed by atoms with E-state index in [1.165, 1.54) is 51.4 Å². The molecule has 0 unspecified atom stereocenters. The standard InChI is InChI=1S/C17H35NO2/c1-3-4-13-16(19)14-11-9-7-5-6-8-10-12-15-17(20)18-2/h16,19H,3-15H2,1-2H3,(H,18,20)/t16-/m0/s1. The molecular formula is C17H35NO2. The van der Waals surface area contributed by atoms with E-state index in [0.29, 0.717) is 6.42 Å². The predicted octanol–water partition coefficient (Wildman–Crippen LogP) is 4.18. The fourth-order valence-electron chi connectivity index (χ4n) is 2.44. The van der Waals surface area contributed by atoms with Crippen molar-refractivity contribution >= 4 is 5.91 Å². The molecule has 0 saturated heterocycles. The number of rotatable bonds is 14. The molecular weight excluding hydrogens is 250 g/mol. The Morgan fingerprint density at radius 3 is 1.95 bits per heavy atom. The maximum atomic E-state index is 11.0. The Kier molecular flexibility index (Phi) is 14.4. The third kappa shape index (κ3) is 13.9. The normalized spacial score (nSPS) is 12.3. The molecule has 2 N–H and O–H groups in total. The van der Waals surface area contributed by atoms with Gasteiger partial charge in [0.25, 0.3) is 0 Å². The third-order valence-electron chi connectivity index (χ3n) is 3.86. The summed E-state index contributed by atoms with van der Waals surface area (Å²) < 4.78 is 0. The largest absolute Gasteiger partial charge is 0.393 e. The van der Waals surface area contributed by atoms with Crippen molar-refractivity contribution in [3.63, 3.8) is 0 Å². The molecule has 120 valence electrons. The summed E-state index contributed by atoms with van der Waals surface area (Å²) in [5.74, 6) is 0.159. The molecule has 3 nitrogen and oxygen atoms in total. The summed E-state index contributed by atoms with van der Waals surface area (Å²) in [7, 11) is 1.70. The fraction of sp³-hybridized carbons (Fsp3) is 0.941. The Labute approximate surface area is 125 Å². The van der Waals surface area contributed by atoms with E-state index in [1.807, 2.05) is 0 Å². The monoisotopic (exact) mass is 285 g/mol. The van der Waals surface area contributed by atoms with Crippen LogP contribution in [-0.4, -0.2) is 24.2 Å². The number of carbonyl (C=O) groups excluding carboxylic acids is 1. The van der Waals surface area contributed by atoms with E-state index < -0.39 is 0 Å². The summed E-state index contributed by atoms with van der Waals surface area (Å²) in [6, 6.07) is 0. The van der Waals surface area contributed by atoms with Crippen LogP contribution in [0.3, 0.4) is 0 Å². The van der Waals surface area contributed by atoms with Crippen molar-refractivity contribution in [3.05, 3.63) is 0 Å². The summed E-state index contributed by atoms with van der Waals surface area (Å²) in [6.07, 6.45) is 14.6. The maximum Gasteiger partial charge on any atom is 0.219 e. The molecule has 0 radical (unpaired) electrons. The molecule has 3 heteroatoms. The third-order valence-corrected chi connectivity index (χ3v) is 3.86. The molecule has 0 rings (SSSR count). The van der Waals surface area contributed by atoms with Crippen molar-refractivity contribution in [2.75, 3.05) is 7.05 Å². The van der Waals surface area contributed by atoms with Gasteiger partial charge in [-0.05, 0) is 19.3 Å². The zero-order valence-corrected chi connectivity index (χ0v) is 13.6. The molecule has 0 aromatic heterocycles. The van der Waals surface area contributed by atoms with Crippen molar-refractivity contribution in [2.45, 2.75) is 96.5 Å². The van der Waals surface area contributed by atoms with Gasteiger partial charge in [0.1, 0.15) is 0 Å². The molecule has 0 aliphatic carbocycles. The van der Waals surface area contributed by atoms with Crippen molar-refractivity contribution in [3.8, 4) is 0 Å². The highest BCUT2D eigenvalue weighted by Gasteiger charge is 2.02. The second kappa shape index (κ2) is 14.8. The minimum atomic E-state index is -0.0698. The number of aliphatic hydroxyl groups excluding tert-OH is 1. The molecule has 0 aliphatic rings. The summed E-state index contributed by atoms with van der Waals surface area (Å²) in [6.45, 7) is 2.17. The lowest BCUT2D eigenvalue weighted by atomic mass is 10.0. The lowest BCUT2D eigenvalue weighted by molar-refractivity contribution is -0.120. The summed E-state index contributed by atoms with van der Waals surface area (Å²) >= 11 is 0. The van der Waals surface area contributed by atoms with E-state index in [2.05, 4.69) is 12.2 Å². The number of hydrogen-bond donors (Lipinski definition) is 2. The quantitative estimate of drug-likeness (QED) is 0.470. The SMILES string of the molecule is CCCC[C@H](O)CCCCCCCCCCC(=O)NC. The lowest BCUT2D eigenvalue weighted by Gasteiger charge is -2.09. The average Bonchev–Trinajstić information content (AvgIpc) is 2.46. The highest BCUT2D eigenvalue weighted by Crippen LogP contribution is 2.13. The van der Waals surface area contributed by atoms with Crippen LogP contribution in [0.25, 0.3) is 0 Å². The van der Waals surface area contributed by atoms with Gasteiger partial charge in [-0.3, -0.25) is 4.79 Å². The van der Waals surface area contributed by atoms with Crippen LogP contribution in [-0.2, 0) is 4.79 Å². The topological polar surface area (TPSA) is 49.3 Å². The van der Waals surface area contributed by atoms with E-state index in [4.69, 9.17) is 0 Å². The molecule has 1 amide bonds. The molecule has 0 bridgehead atoms. The van der Waals surface area contributed by atoms with Crippen molar-refractivity contribution < 1.29 is 9.90 Å². The number of carbonyl (C=O) groups is 1. The van der Waals surface area contributed by atoms with Crippen LogP contribution in [0.5, 0.6) is 0 Å². The van der Waals surface area contributed by atoms with Crippen molar-refractivity contribution in [2.24, 2.45) is 0 Å². The molecule has 1 atom stereocenters. The first-order valence-corrected chi connectivity index (χ1v) is 8.59. The molecule has 0 spiro atoms.